The van der Waals surface area contributed by atoms with E-state index in [9.17, 15) is 9.59 Å². The Morgan fingerprint density at radius 3 is 2.88 bits per heavy atom. The lowest BCUT2D eigenvalue weighted by Crippen LogP contribution is -2.35. The van der Waals surface area contributed by atoms with Crippen molar-refractivity contribution in [3.8, 4) is 11.5 Å². The summed E-state index contributed by atoms with van der Waals surface area (Å²) in [7, 11) is 3.22. The fraction of sp³-hybridized carbons (Fsp3) is 0.438. The largest absolute Gasteiger partial charge is 0.497 e. The summed E-state index contributed by atoms with van der Waals surface area (Å²) in [5.41, 5.74) is 2.37. The lowest BCUT2D eigenvalue weighted by Gasteiger charge is -2.26. The van der Waals surface area contributed by atoms with Crippen LogP contribution < -0.4 is 14.3 Å². The van der Waals surface area contributed by atoms with Crippen LogP contribution in [0.3, 0.4) is 0 Å². The number of hydrogen-bond acceptors (Lipinski definition) is 6. The minimum Gasteiger partial charge on any atom is -0.497 e. The molecule has 2 aromatic rings. The number of methoxy groups -OCH3 is 2. The summed E-state index contributed by atoms with van der Waals surface area (Å²) in [6, 6.07) is 5.50. The molecule has 1 aromatic heterocycles. The van der Waals surface area contributed by atoms with Gasteiger partial charge in [-0.15, -0.1) is 0 Å². The standard InChI is InChI=1S/C16H19N3O4S/c1-22-11-5-6-14(23-2)12(8-11)13-4-3-7-18(13)15(20)9-19-16(21)24-10-17-19/h5-6,8,10,13H,3-4,7,9H2,1-2H3/t13-/m1/s1. The van der Waals surface area contributed by atoms with E-state index in [1.54, 1.807) is 19.1 Å². The Morgan fingerprint density at radius 2 is 2.21 bits per heavy atom. The summed E-state index contributed by atoms with van der Waals surface area (Å²) in [6.07, 6.45) is 1.75. The molecule has 1 atom stereocenters. The molecule has 0 radical (unpaired) electrons. The second-order valence-corrected chi connectivity index (χ2v) is 6.31. The van der Waals surface area contributed by atoms with Crippen LogP contribution in [0.4, 0.5) is 0 Å². The van der Waals surface area contributed by atoms with Crippen molar-refractivity contribution >= 4 is 17.2 Å². The third kappa shape index (κ3) is 3.14. The van der Waals surface area contributed by atoms with Crippen LogP contribution in [-0.4, -0.2) is 41.4 Å². The summed E-state index contributed by atoms with van der Waals surface area (Å²) in [4.78, 5) is 25.8. The van der Waals surface area contributed by atoms with Crippen molar-refractivity contribution in [1.29, 1.82) is 0 Å². The lowest BCUT2D eigenvalue weighted by atomic mass is 10.0. The first-order chi connectivity index (χ1) is 11.6. The van der Waals surface area contributed by atoms with Gasteiger partial charge in [-0.05, 0) is 31.0 Å². The zero-order valence-corrected chi connectivity index (χ0v) is 14.4. The Hall–Kier alpha value is -2.35. The monoisotopic (exact) mass is 349 g/mol. The maximum atomic E-state index is 12.7. The van der Waals surface area contributed by atoms with Crippen LogP contribution in [0.15, 0.2) is 28.5 Å². The van der Waals surface area contributed by atoms with Gasteiger partial charge in [0.25, 0.3) is 0 Å². The average Bonchev–Trinajstić information content (AvgIpc) is 3.23. The molecule has 1 aromatic carbocycles. The van der Waals surface area contributed by atoms with Crippen LogP contribution in [0.1, 0.15) is 24.4 Å². The highest BCUT2D eigenvalue weighted by Crippen LogP contribution is 2.38. The van der Waals surface area contributed by atoms with Crippen LogP contribution in [0.25, 0.3) is 0 Å². The second kappa shape index (κ2) is 7.04. The van der Waals surface area contributed by atoms with Crippen LogP contribution in [0.2, 0.25) is 0 Å². The van der Waals surface area contributed by atoms with Gasteiger partial charge in [0.15, 0.2) is 0 Å². The number of amides is 1. The molecule has 0 N–H and O–H groups in total. The van der Waals surface area contributed by atoms with Gasteiger partial charge in [0.05, 0.1) is 20.3 Å². The molecule has 0 spiro atoms. The van der Waals surface area contributed by atoms with E-state index in [1.165, 1.54) is 10.2 Å². The number of rotatable bonds is 5. The van der Waals surface area contributed by atoms with Crippen molar-refractivity contribution < 1.29 is 14.3 Å². The summed E-state index contributed by atoms with van der Waals surface area (Å²) >= 11 is 0.986. The first-order valence-electron chi connectivity index (χ1n) is 7.66. The average molecular weight is 349 g/mol. The first kappa shape index (κ1) is 16.5. The topological polar surface area (TPSA) is 73.7 Å². The van der Waals surface area contributed by atoms with E-state index < -0.39 is 0 Å². The number of carbonyl (C=O) groups excluding carboxylic acids is 1. The molecule has 1 fully saturated rings. The maximum absolute atomic E-state index is 12.7. The smallest absolute Gasteiger partial charge is 0.325 e. The van der Waals surface area contributed by atoms with Crippen molar-refractivity contribution in [3.05, 3.63) is 38.9 Å². The first-order valence-corrected chi connectivity index (χ1v) is 8.54. The molecule has 1 aliphatic heterocycles. The van der Waals surface area contributed by atoms with Crippen molar-refractivity contribution in [1.82, 2.24) is 14.7 Å². The van der Waals surface area contributed by atoms with Gasteiger partial charge in [-0.2, -0.15) is 5.10 Å². The van der Waals surface area contributed by atoms with Crippen molar-refractivity contribution in [2.75, 3.05) is 20.8 Å². The molecule has 1 saturated heterocycles. The molecule has 0 bridgehead atoms. The van der Waals surface area contributed by atoms with Gasteiger partial charge in [-0.3, -0.25) is 9.59 Å². The number of ether oxygens (including phenoxy) is 2. The fourth-order valence-electron chi connectivity index (χ4n) is 3.05. The molecule has 1 aliphatic rings. The quantitative estimate of drug-likeness (QED) is 0.821. The zero-order valence-electron chi connectivity index (χ0n) is 13.6. The van der Waals surface area contributed by atoms with E-state index in [4.69, 9.17) is 9.47 Å². The summed E-state index contributed by atoms with van der Waals surface area (Å²) in [5, 5.41) is 3.92. The SMILES string of the molecule is COc1ccc(OC)c([C@H]2CCCN2C(=O)Cn2ncsc2=O)c1. The molecule has 3 rings (SSSR count). The second-order valence-electron chi connectivity index (χ2n) is 5.52. The summed E-state index contributed by atoms with van der Waals surface area (Å²) in [5.74, 6) is 1.34. The molecule has 8 heteroatoms. The normalized spacial score (nSPS) is 17.1. The predicted octanol–water partition coefficient (Wildman–Crippen LogP) is 1.69. The molecule has 0 unspecified atom stereocenters. The molecule has 7 nitrogen and oxygen atoms in total. The van der Waals surface area contributed by atoms with Gasteiger partial charge in [0, 0.05) is 12.1 Å². The van der Waals surface area contributed by atoms with Gasteiger partial charge in [0.1, 0.15) is 23.6 Å². The van der Waals surface area contributed by atoms with Crippen molar-refractivity contribution in [2.45, 2.75) is 25.4 Å². The number of benzene rings is 1. The molecule has 128 valence electrons. The van der Waals surface area contributed by atoms with Gasteiger partial charge < -0.3 is 14.4 Å². The summed E-state index contributed by atoms with van der Waals surface area (Å²) < 4.78 is 11.9. The number of likely N-dealkylation sites (tertiary alicyclic amines) is 1. The highest BCUT2D eigenvalue weighted by molar-refractivity contribution is 7.06. The van der Waals surface area contributed by atoms with Crippen molar-refractivity contribution in [2.24, 2.45) is 0 Å². The molecule has 1 amide bonds. The van der Waals surface area contributed by atoms with E-state index in [1.807, 2.05) is 18.2 Å². The minimum atomic E-state index is -0.224. The molecule has 24 heavy (non-hydrogen) atoms. The Balaban J connectivity index is 1.86. The van der Waals surface area contributed by atoms with Crippen LogP contribution in [0, 0.1) is 0 Å². The number of aromatic nitrogens is 2. The zero-order chi connectivity index (χ0) is 17.1. The molecular weight excluding hydrogens is 330 g/mol. The van der Waals surface area contributed by atoms with Gasteiger partial charge >= 0.3 is 4.87 Å². The Kier molecular flexibility index (Phi) is 4.84. The molecular formula is C16H19N3O4S. The number of hydrogen-bond donors (Lipinski definition) is 0. The Labute approximate surface area is 143 Å². The van der Waals surface area contributed by atoms with E-state index in [0.717, 1.165) is 41.2 Å². The van der Waals surface area contributed by atoms with Crippen LogP contribution in [0.5, 0.6) is 11.5 Å². The summed E-state index contributed by atoms with van der Waals surface area (Å²) in [6.45, 7) is 0.619. The lowest BCUT2D eigenvalue weighted by molar-refractivity contribution is -0.133. The fourth-order valence-corrected chi connectivity index (χ4v) is 3.53. The van der Waals surface area contributed by atoms with Gasteiger partial charge in [-0.1, -0.05) is 11.3 Å². The van der Waals surface area contributed by atoms with Crippen LogP contribution >= 0.6 is 11.3 Å². The van der Waals surface area contributed by atoms with E-state index in [2.05, 4.69) is 5.10 Å². The molecule has 0 saturated carbocycles. The third-order valence-electron chi connectivity index (χ3n) is 4.20. The maximum Gasteiger partial charge on any atom is 0.325 e. The Morgan fingerprint density at radius 1 is 1.38 bits per heavy atom. The van der Waals surface area contributed by atoms with E-state index >= 15 is 0 Å². The highest BCUT2D eigenvalue weighted by atomic mass is 32.1. The third-order valence-corrected chi connectivity index (χ3v) is 4.82. The van der Waals surface area contributed by atoms with Gasteiger partial charge in [-0.25, -0.2) is 4.68 Å². The molecule has 0 aliphatic carbocycles. The minimum absolute atomic E-state index is 0.0366. The predicted molar refractivity (Wildman–Crippen MR) is 89.6 cm³/mol. The highest BCUT2D eigenvalue weighted by Gasteiger charge is 2.32. The Bertz CT molecular complexity index is 786. The van der Waals surface area contributed by atoms with Crippen LogP contribution in [-0.2, 0) is 11.3 Å². The van der Waals surface area contributed by atoms with Gasteiger partial charge in [0.2, 0.25) is 5.91 Å². The number of carbonyl (C=O) groups is 1. The van der Waals surface area contributed by atoms with Crippen molar-refractivity contribution in [3.63, 3.8) is 0 Å². The molecule has 2 heterocycles. The van der Waals surface area contributed by atoms with E-state index in [0.29, 0.717) is 6.54 Å². The van der Waals surface area contributed by atoms with E-state index in [-0.39, 0.29) is 23.4 Å². The number of nitrogens with zero attached hydrogens (tertiary/aromatic N) is 3.